The molecule has 0 unspecified atom stereocenters. The molecule has 0 bridgehead atoms. The second kappa shape index (κ2) is 10.0. The molecule has 3 aromatic rings. The Hall–Kier alpha value is -3.67. The largest absolute Gasteiger partial charge is 0.493 e. The minimum Gasteiger partial charge on any atom is -0.493 e. The van der Waals surface area contributed by atoms with Crippen molar-refractivity contribution in [3.63, 3.8) is 0 Å². The normalized spacial score (nSPS) is 10.8. The van der Waals surface area contributed by atoms with Gasteiger partial charge in [0.2, 0.25) is 5.91 Å². The first-order valence-corrected chi connectivity index (χ1v) is 9.44. The van der Waals surface area contributed by atoms with Gasteiger partial charge in [-0.25, -0.2) is 5.43 Å². The SMILES string of the molecule is CCOc1ccc2ccccc2c1/C=N\NC(=O)CNC(=O)Cc1ccccc1. The molecule has 2 N–H and O–H groups in total. The minimum absolute atomic E-state index is 0.142. The molecule has 0 atom stereocenters. The smallest absolute Gasteiger partial charge is 0.259 e. The van der Waals surface area contributed by atoms with Gasteiger partial charge in [-0.15, -0.1) is 0 Å². The number of hydrogen-bond acceptors (Lipinski definition) is 4. The first kappa shape index (κ1) is 20.1. The maximum atomic E-state index is 12.0. The van der Waals surface area contributed by atoms with Gasteiger partial charge in [-0.2, -0.15) is 5.10 Å². The summed E-state index contributed by atoms with van der Waals surface area (Å²) in [4.78, 5) is 23.9. The number of ether oxygens (including phenoxy) is 1. The number of fused-ring (bicyclic) bond motifs is 1. The minimum atomic E-state index is -0.402. The van der Waals surface area contributed by atoms with Crippen LogP contribution in [0.1, 0.15) is 18.1 Å². The van der Waals surface area contributed by atoms with E-state index in [1.54, 1.807) is 6.21 Å². The summed E-state index contributed by atoms with van der Waals surface area (Å²) < 4.78 is 5.68. The predicted molar refractivity (Wildman–Crippen MR) is 114 cm³/mol. The number of nitrogens with one attached hydrogen (secondary N) is 2. The summed E-state index contributed by atoms with van der Waals surface area (Å²) in [5.41, 5.74) is 4.13. The molecule has 6 heteroatoms. The van der Waals surface area contributed by atoms with Gasteiger partial charge in [0.25, 0.3) is 5.91 Å². The van der Waals surface area contributed by atoms with E-state index in [0.717, 1.165) is 21.9 Å². The van der Waals surface area contributed by atoms with Gasteiger partial charge >= 0.3 is 0 Å². The molecule has 3 rings (SSSR count). The zero-order chi connectivity index (χ0) is 20.5. The van der Waals surface area contributed by atoms with Gasteiger partial charge in [0.1, 0.15) is 5.75 Å². The number of carbonyl (C=O) groups excluding carboxylic acids is 2. The van der Waals surface area contributed by atoms with Crippen molar-refractivity contribution in [2.24, 2.45) is 5.10 Å². The Balaban J connectivity index is 1.58. The molecule has 0 aliphatic heterocycles. The molecule has 148 valence electrons. The number of benzene rings is 3. The van der Waals surface area contributed by atoms with Crippen LogP contribution in [0.5, 0.6) is 5.75 Å². The molecule has 0 saturated heterocycles. The standard InChI is InChI=1S/C23H23N3O3/c1-2-29-21-13-12-18-10-6-7-11-19(18)20(21)15-25-26-23(28)16-24-22(27)14-17-8-4-3-5-9-17/h3-13,15H,2,14,16H2,1H3,(H,24,27)(H,26,28)/b25-15-. The van der Waals surface area contributed by atoms with Crippen molar-refractivity contribution in [2.45, 2.75) is 13.3 Å². The third-order valence-electron chi connectivity index (χ3n) is 4.27. The number of rotatable bonds is 8. The Labute approximate surface area is 169 Å². The molecule has 0 saturated carbocycles. The van der Waals surface area contributed by atoms with Crippen LogP contribution in [0, 0.1) is 0 Å². The maximum Gasteiger partial charge on any atom is 0.259 e. The fraction of sp³-hybridized carbons (Fsp3) is 0.174. The van der Waals surface area contributed by atoms with E-state index in [-0.39, 0.29) is 18.9 Å². The van der Waals surface area contributed by atoms with Crippen LogP contribution in [-0.4, -0.2) is 31.2 Å². The van der Waals surface area contributed by atoms with E-state index in [4.69, 9.17) is 4.74 Å². The molecular formula is C23H23N3O3. The fourth-order valence-electron chi connectivity index (χ4n) is 2.92. The van der Waals surface area contributed by atoms with E-state index in [2.05, 4.69) is 15.8 Å². The number of amides is 2. The molecule has 0 aromatic heterocycles. The van der Waals surface area contributed by atoms with Crippen molar-refractivity contribution in [2.75, 3.05) is 13.2 Å². The van der Waals surface area contributed by atoms with E-state index in [9.17, 15) is 9.59 Å². The van der Waals surface area contributed by atoms with E-state index >= 15 is 0 Å². The van der Waals surface area contributed by atoms with Crippen molar-refractivity contribution >= 4 is 28.8 Å². The molecule has 2 amide bonds. The second-order valence-corrected chi connectivity index (χ2v) is 6.36. The highest BCUT2D eigenvalue weighted by Crippen LogP contribution is 2.26. The highest BCUT2D eigenvalue weighted by Gasteiger charge is 2.08. The Kier molecular flexibility index (Phi) is 6.95. The maximum absolute atomic E-state index is 12.0. The van der Waals surface area contributed by atoms with Crippen LogP contribution < -0.4 is 15.5 Å². The molecule has 0 radical (unpaired) electrons. The summed E-state index contributed by atoms with van der Waals surface area (Å²) in [6.07, 6.45) is 1.79. The van der Waals surface area contributed by atoms with Crippen molar-refractivity contribution in [3.8, 4) is 5.75 Å². The Morgan fingerprint density at radius 1 is 0.966 bits per heavy atom. The van der Waals surface area contributed by atoms with Crippen LogP contribution in [0.4, 0.5) is 0 Å². The van der Waals surface area contributed by atoms with E-state index < -0.39 is 5.91 Å². The molecular weight excluding hydrogens is 366 g/mol. The zero-order valence-corrected chi connectivity index (χ0v) is 16.2. The Morgan fingerprint density at radius 2 is 1.72 bits per heavy atom. The molecule has 0 heterocycles. The van der Waals surface area contributed by atoms with Crippen molar-refractivity contribution in [1.29, 1.82) is 0 Å². The van der Waals surface area contributed by atoms with Crippen molar-refractivity contribution < 1.29 is 14.3 Å². The summed E-state index contributed by atoms with van der Waals surface area (Å²) in [7, 11) is 0. The van der Waals surface area contributed by atoms with Crippen LogP contribution in [0.15, 0.2) is 71.8 Å². The first-order valence-electron chi connectivity index (χ1n) is 9.44. The lowest BCUT2D eigenvalue weighted by atomic mass is 10.0. The van der Waals surface area contributed by atoms with Crippen LogP contribution in [0.25, 0.3) is 10.8 Å². The summed E-state index contributed by atoms with van der Waals surface area (Å²) in [5, 5.41) is 8.66. The predicted octanol–water partition coefficient (Wildman–Crippen LogP) is 3.05. The van der Waals surface area contributed by atoms with Gasteiger partial charge in [0, 0.05) is 5.56 Å². The molecule has 6 nitrogen and oxygen atoms in total. The average Bonchev–Trinajstić information content (AvgIpc) is 2.74. The van der Waals surface area contributed by atoms with Crippen LogP contribution in [0.2, 0.25) is 0 Å². The number of carbonyl (C=O) groups is 2. The highest BCUT2D eigenvalue weighted by atomic mass is 16.5. The fourth-order valence-corrected chi connectivity index (χ4v) is 2.92. The van der Waals surface area contributed by atoms with E-state index in [0.29, 0.717) is 12.4 Å². The summed E-state index contributed by atoms with van der Waals surface area (Å²) in [6.45, 7) is 2.30. The number of nitrogens with zero attached hydrogens (tertiary/aromatic N) is 1. The summed E-state index contributed by atoms with van der Waals surface area (Å²) in [6, 6.07) is 21.1. The molecule has 0 fully saturated rings. The van der Waals surface area contributed by atoms with Crippen LogP contribution in [-0.2, 0) is 16.0 Å². The Morgan fingerprint density at radius 3 is 2.52 bits per heavy atom. The quantitative estimate of drug-likeness (QED) is 0.459. The number of hydrogen-bond donors (Lipinski definition) is 2. The van der Waals surface area contributed by atoms with E-state index in [1.807, 2.05) is 73.7 Å². The van der Waals surface area contributed by atoms with E-state index in [1.165, 1.54) is 0 Å². The van der Waals surface area contributed by atoms with Crippen molar-refractivity contribution in [1.82, 2.24) is 10.7 Å². The molecule has 0 spiro atoms. The topological polar surface area (TPSA) is 79.8 Å². The van der Waals surface area contributed by atoms with Gasteiger partial charge in [-0.05, 0) is 29.3 Å². The van der Waals surface area contributed by atoms with Crippen LogP contribution in [0.3, 0.4) is 0 Å². The lowest BCUT2D eigenvalue weighted by Crippen LogP contribution is -2.35. The highest BCUT2D eigenvalue weighted by molar-refractivity contribution is 6.02. The first-order chi connectivity index (χ1) is 14.2. The molecule has 0 aliphatic rings. The molecule has 3 aromatic carbocycles. The average molecular weight is 389 g/mol. The third-order valence-corrected chi connectivity index (χ3v) is 4.27. The third kappa shape index (κ3) is 5.65. The van der Waals surface area contributed by atoms with Gasteiger partial charge < -0.3 is 10.1 Å². The number of hydrazone groups is 1. The van der Waals surface area contributed by atoms with Gasteiger partial charge in [0.15, 0.2) is 0 Å². The van der Waals surface area contributed by atoms with Gasteiger partial charge in [-0.3, -0.25) is 9.59 Å². The lowest BCUT2D eigenvalue weighted by molar-refractivity contribution is -0.125. The lowest BCUT2D eigenvalue weighted by Gasteiger charge is -2.10. The van der Waals surface area contributed by atoms with Crippen molar-refractivity contribution in [3.05, 3.63) is 77.9 Å². The Bertz CT molecular complexity index is 1020. The molecule has 29 heavy (non-hydrogen) atoms. The van der Waals surface area contributed by atoms with Gasteiger partial charge in [-0.1, -0.05) is 60.7 Å². The summed E-state index contributed by atoms with van der Waals surface area (Å²) in [5.74, 6) is 0.0734. The van der Waals surface area contributed by atoms with Crippen LogP contribution >= 0.6 is 0 Å². The zero-order valence-electron chi connectivity index (χ0n) is 16.2. The monoisotopic (exact) mass is 389 g/mol. The van der Waals surface area contributed by atoms with Gasteiger partial charge in [0.05, 0.1) is 25.8 Å². The molecule has 0 aliphatic carbocycles. The summed E-state index contributed by atoms with van der Waals surface area (Å²) >= 11 is 0. The second-order valence-electron chi connectivity index (χ2n) is 6.36.